The molecule has 1 spiro atoms. The van der Waals surface area contributed by atoms with Gasteiger partial charge in [-0.25, -0.2) is 9.78 Å². The van der Waals surface area contributed by atoms with Crippen LogP contribution in [0.4, 0.5) is 13.2 Å². The molecule has 0 unspecified atom stereocenters. The molecule has 2 atom stereocenters. The molecule has 0 bridgehead atoms. The van der Waals surface area contributed by atoms with Crippen molar-refractivity contribution in [2.75, 3.05) is 26.2 Å². The number of rotatable bonds is 4. The number of carboxylic acid groups (broad SMARTS) is 1. The summed E-state index contributed by atoms with van der Waals surface area (Å²) in [7, 11) is 0. The van der Waals surface area contributed by atoms with Gasteiger partial charge in [-0.05, 0) is 30.9 Å². The number of alkyl halides is 3. The number of carboxylic acids is 1. The van der Waals surface area contributed by atoms with Crippen LogP contribution in [0.2, 0.25) is 0 Å². The lowest BCUT2D eigenvalue weighted by atomic mass is 9.77. The Kier molecular flexibility index (Phi) is 7.15. The van der Waals surface area contributed by atoms with E-state index in [1.165, 1.54) is 11.5 Å². The smallest absolute Gasteiger partial charge is 0.477 e. The van der Waals surface area contributed by atoms with Crippen LogP contribution in [0.15, 0.2) is 24.4 Å². The number of ether oxygens (including phenoxy) is 1. The standard InChI is InChI=1S/C17H19N5O3S.C2HF3O2/c1-11-14(20-21-26-11)15(23)22-7-5-17(10-22)12(8-19-16(17)24)9-25-13-4-2-3-6-18-13;3-2(4,5)1(6)7/h2-4,6,12H,5,7-10H2,1H3,(H,19,24);(H,6,7)/t12-,17-;/m1./s1. The molecule has 2 amide bonds. The summed E-state index contributed by atoms with van der Waals surface area (Å²) in [6.45, 7) is 3.67. The average molecular weight is 487 g/mol. The van der Waals surface area contributed by atoms with Gasteiger partial charge in [0.05, 0.1) is 16.9 Å². The minimum Gasteiger partial charge on any atom is -0.477 e. The third kappa shape index (κ3) is 5.38. The monoisotopic (exact) mass is 487 g/mol. The predicted molar refractivity (Wildman–Crippen MR) is 108 cm³/mol. The highest BCUT2D eigenvalue weighted by Gasteiger charge is 2.55. The topological polar surface area (TPSA) is 135 Å². The molecule has 2 aromatic heterocycles. The summed E-state index contributed by atoms with van der Waals surface area (Å²) >= 11 is 1.21. The minimum atomic E-state index is -5.08. The Hall–Kier alpha value is -3.29. The number of hydrogen-bond acceptors (Lipinski definition) is 8. The quantitative estimate of drug-likeness (QED) is 0.663. The van der Waals surface area contributed by atoms with Crippen molar-refractivity contribution in [2.45, 2.75) is 19.5 Å². The average Bonchev–Trinajstić information content (AvgIpc) is 3.48. The Morgan fingerprint density at radius 1 is 1.39 bits per heavy atom. The molecule has 2 saturated heterocycles. The number of aromatic nitrogens is 3. The third-order valence-electron chi connectivity index (χ3n) is 5.50. The van der Waals surface area contributed by atoms with E-state index in [4.69, 9.17) is 14.6 Å². The lowest BCUT2D eigenvalue weighted by Crippen LogP contribution is -2.41. The van der Waals surface area contributed by atoms with Gasteiger partial charge < -0.3 is 20.1 Å². The molecule has 0 radical (unpaired) electrons. The first-order valence-corrected chi connectivity index (χ1v) is 10.5. The summed E-state index contributed by atoms with van der Waals surface area (Å²) in [5, 5.41) is 14.0. The number of nitrogens with zero attached hydrogens (tertiary/aromatic N) is 4. The maximum Gasteiger partial charge on any atom is 0.490 e. The van der Waals surface area contributed by atoms with Crippen LogP contribution in [-0.4, -0.2) is 74.8 Å². The number of carbonyl (C=O) groups is 3. The second-order valence-electron chi connectivity index (χ2n) is 7.50. The van der Waals surface area contributed by atoms with Crippen LogP contribution in [0, 0.1) is 18.3 Å². The van der Waals surface area contributed by atoms with Gasteiger partial charge in [0.15, 0.2) is 5.69 Å². The van der Waals surface area contributed by atoms with Crippen molar-refractivity contribution in [3.63, 3.8) is 0 Å². The molecule has 4 heterocycles. The number of aryl methyl sites for hydroxylation is 1. The van der Waals surface area contributed by atoms with Gasteiger partial charge in [0.1, 0.15) is 0 Å². The van der Waals surface area contributed by atoms with E-state index >= 15 is 0 Å². The molecule has 2 aromatic rings. The number of carbonyl (C=O) groups excluding carboxylic acids is 2. The van der Waals surface area contributed by atoms with Crippen LogP contribution in [0.5, 0.6) is 5.88 Å². The van der Waals surface area contributed by atoms with Crippen LogP contribution >= 0.6 is 11.5 Å². The van der Waals surface area contributed by atoms with E-state index < -0.39 is 17.6 Å². The van der Waals surface area contributed by atoms with Crippen LogP contribution in [0.1, 0.15) is 21.8 Å². The third-order valence-corrected chi connectivity index (χ3v) is 6.13. The summed E-state index contributed by atoms with van der Waals surface area (Å²) in [6.07, 6.45) is -2.79. The molecule has 0 aromatic carbocycles. The van der Waals surface area contributed by atoms with E-state index in [0.717, 1.165) is 4.88 Å². The number of likely N-dealkylation sites (tertiary alicyclic amines) is 1. The first-order chi connectivity index (χ1) is 15.5. The molecule has 0 saturated carbocycles. The predicted octanol–water partition coefficient (Wildman–Crippen LogP) is 1.53. The SMILES string of the molecule is Cc1snnc1C(=O)N1CC[C@]2(C1)C(=O)NC[C@@H]2COc1ccccn1.O=C(O)C(F)(F)F. The first-order valence-electron chi connectivity index (χ1n) is 9.75. The molecule has 2 aliphatic rings. The summed E-state index contributed by atoms with van der Waals surface area (Å²) in [5.41, 5.74) is -0.228. The molecule has 33 heavy (non-hydrogen) atoms. The fourth-order valence-electron chi connectivity index (χ4n) is 3.71. The van der Waals surface area contributed by atoms with E-state index in [1.54, 1.807) is 17.2 Å². The van der Waals surface area contributed by atoms with Crippen LogP contribution in [-0.2, 0) is 9.59 Å². The number of nitrogens with one attached hydrogen (secondary N) is 1. The summed E-state index contributed by atoms with van der Waals surface area (Å²) in [5.74, 6) is -2.39. The fraction of sp³-hybridized carbons (Fsp3) is 0.474. The lowest BCUT2D eigenvalue weighted by molar-refractivity contribution is -0.192. The van der Waals surface area contributed by atoms with Crippen LogP contribution < -0.4 is 10.1 Å². The summed E-state index contributed by atoms with van der Waals surface area (Å²) < 4.78 is 41.4. The van der Waals surface area contributed by atoms with Gasteiger partial charge in [-0.1, -0.05) is 10.6 Å². The van der Waals surface area contributed by atoms with Gasteiger partial charge >= 0.3 is 12.1 Å². The fourth-order valence-corrected chi connectivity index (χ4v) is 4.17. The van der Waals surface area contributed by atoms with Crippen molar-refractivity contribution in [2.24, 2.45) is 11.3 Å². The van der Waals surface area contributed by atoms with Crippen molar-refractivity contribution in [3.8, 4) is 5.88 Å². The molecule has 0 aliphatic carbocycles. The van der Waals surface area contributed by atoms with Gasteiger partial charge in [-0.15, -0.1) is 5.10 Å². The Bertz CT molecular complexity index is 1020. The molecule has 178 valence electrons. The van der Waals surface area contributed by atoms with Crippen molar-refractivity contribution < 1.29 is 37.4 Å². The Balaban J connectivity index is 0.000000383. The van der Waals surface area contributed by atoms with Gasteiger partial charge in [0.2, 0.25) is 11.8 Å². The molecule has 2 N–H and O–H groups in total. The highest BCUT2D eigenvalue weighted by molar-refractivity contribution is 7.05. The van der Waals surface area contributed by atoms with Gasteiger partial charge in [0, 0.05) is 37.8 Å². The molecule has 4 rings (SSSR count). The molecule has 2 aliphatic heterocycles. The van der Waals surface area contributed by atoms with E-state index in [0.29, 0.717) is 44.2 Å². The maximum atomic E-state index is 12.7. The summed E-state index contributed by atoms with van der Waals surface area (Å²) in [6, 6.07) is 5.47. The molecule has 14 heteroatoms. The number of aliphatic carboxylic acids is 1. The zero-order valence-corrected chi connectivity index (χ0v) is 18.1. The van der Waals surface area contributed by atoms with Crippen molar-refractivity contribution in [1.29, 1.82) is 0 Å². The Morgan fingerprint density at radius 3 is 2.70 bits per heavy atom. The highest BCUT2D eigenvalue weighted by atomic mass is 32.1. The van der Waals surface area contributed by atoms with Crippen molar-refractivity contribution >= 4 is 29.3 Å². The van der Waals surface area contributed by atoms with E-state index in [2.05, 4.69) is 19.9 Å². The number of halogens is 3. The Morgan fingerprint density at radius 2 is 2.12 bits per heavy atom. The molecular formula is C19H20F3N5O5S. The molecule has 10 nitrogen and oxygen atoms in total. The molecular weight excluding hydrogens is 467 g/mol. The number of hydrogen-bond donors (Lipinski definition) is 2. The highest BCUT2D eigenvalue weighted by Crippen LogP contribution is 2.42. The van der Waals surface area contributed by atoms with Crippen LogP contribution in [0.3, 0.4) is 0 Å². The van der Waals surface area contributed by atoms with E-state index in [1.807, 2.05) is 19.1 Å². The van der Waals surface area contributed by atoms with E-state index in [-0.39, 0.29) is 17.7 Å². The van der Waals surface area contributed by atoms with Gasteiger partial charge in [-0.2, -0.15) is 13.2 Å². The molecule has 2 fully saturated rings. The maximum absolute atomic E-state index is 12.7. The largest absolute Gasteiger partial charge is 0.490 e. The number of amides is 2. The normalized spacial score (nSPS) is 22.0. The summed E-state index contributed by atoms with van der Waals surface area (Å²) in [4.78, 5) is 40.9. The zero-order valence-electron chi connectivity index (χ0n) is 17.3. The Labute approximate surface area is 189 Å². The minimum absolute atomic E-state index is 0.00412. The van der Waals surface area contributed by atoms with Crippen LogP contribution in [0.25, 0.3) is 0 Å². The lowest BCUT2D eigenvalue weighted by Gasteiger charge is -2.27. The number of pyridine rings is 1. The second-order valence-corrected chi connectivity index (χ2v) is 8.46. The van der Waals surface area contributed by atoms with Crippen molar-refractivity contribution in [1.82, 2.24) is 24.8 Å². The van der Waals surface area contributed by atoms with E-state index in [9.17, 15) is 22.8 Å². The first kappa shape index (κ1) is 24.4. The van der Waals surface area contributed by atoms with Crippen molar-refractivity contribution in [3.05, 3.63) is 35.0 Å². The zero-order chi connectivity index (χ0) is 24.2. The van der Waals surface area contributed by atoms with Gasteiger partial charge in [-0.3, -0.25) is 9.59 Å². The second kappa shape index (κ2) is 9.68. The van der Waals surface area contributed by atoms with Gasteiger partial charge in [0.25, 0.3) is 5.91 Å².